The predicted octanol–water partition coefficient (Wildman–Crippen LogP) is -0.860. The van der Waals surface area contributed by atoms with Gasteiger partial charge in [0.15, 0.2) is 0 Å². The number of rotatable bonds is 2. The molecule has 0 radical (unpaired) electrons. The molecule has 3 amide bonds. The second kappa shape index (κ2) is 8.66. The minimum Gasteiger partial charge on any atom is -0.378 e. The molecule has 0 atom stereocenters. The summed E-state index contributed by atoms with van der Waals surface area (Å²) in [6.45, 7) is 2.94. The van der Waals surface area contributed by atoms with Crippen LogP contribution in [0.25, 0.3) is 0 Å². The minimum absolute atomic E-state index is 0.0566. The van der Waals surface area contributed by atoms with Gasteiger partial charge in [0.1, 0.15) is 6.54 Å². The van der Waals surface area contributed by atoms with Crippen LogP contribution in [0.2, 0.25) is 0 Å². The lowest BCUT2D eigenvalue weighted by molar-refractivity contribution is -0.155. The summed E-state index contributed by atoms with van der Waals surface area (Å²) in [5, 5.41) is 0. The maximum Gasteiger partial charge on any atom is 0.312 e. The number of hydrogen-bond acceptors (Lipinski definition) is 5. The molecule has 146 valence electrons. The highest BCUT2D eigenvalue weighted by Crippen LogP contribution is 2.08. The van der Waals surface area contributed by atoms with Crippen LogP contribution in [0.3, 0.4) is 0 Å². The first-order valence-electron chi connectivity index (χ1n) is 8.75. The van der Waals surface area contributed by atoms with E-state index in [0.717, 1.165) is 0 Å². The molecule has 0 bridgehead atoms. The third-order valence-electron chi connectivity index (χ3n) is 4.65. The molecule has 0 unspecified atom stereocenters. The Kier molecular flexibility index (Phi) is 6.27. The summed E-state index contributed by atoms with van der Waals surface area (Å²) in [5.41, 5.74) is -0.253. The zero-order valence-corrected chi connectivity index (χ0v) is 16.4. The van der Waals surface area contributed by atoms with Gasteiger partial charge in [-0.1, -0.05) is 0 Å². The van der Waals surface area contributed by atoms with Gasteiger partial charge in [-0.05, 0) is 22.0 Å². The molecule has 0 aromatic carbocycles. The number of aromatic nitrogens is 1. The highest BCUT2D eigenvalue weighted by molar-refractivity contribution is 9.10. The number of ether oxygens (including phenoxy) is 1. The molecule has 3 heterocycles. The van der Waals surface area contributed by atoms with Gasteiger partial charge in [0, 0.05) is 56.0 Å². The van der Waals surface area contributed by atoms with Crippen molar-refractivity contribution in [2.24, 2.45) is 0 Å². The Morgan fingerprint density at radius 3 is 2.07 bits per heavy atom. The molecule has 9 nitrogen and oxygen atoms in total. The largest absolute Gasteiger partial charge is 0.378 e. The molecule has 1 aromatic heterocycles. The fraction of sp³-hybridized carbons (Fsp3) is 0.529. The van der Waals surface area contributed by atoms with Gasteiger partial charge < -0.3 is 24.0 Å². The van der Waals surface area contributed by atoms with Crippen LogP contribution in [-0.4, -0.2) is 89.5 Å². The molecule has 0 saturated carbocycles. The molecule has 10 heteroatoms. The van der Waals surface area contributed by atoms with Crippen LogP contribution in [0.5, 0.6) is 0 Å². The molecule has 0 spiro atoms. The van der Waals surface area contributed by atoms with Crippen molar-refractivity contribution in [1.82, 2.24) is 19.3 Å². The first-order chi connectivity index (χ1) is 13.0. The van der Waals surface area contributed by atoms with E-state index in [1.807, 2.05) is 0 Å². The van der Waals surface area contributed by atoms with Crippen LogP contribution < -0.4 is 5.56 Å². The maximum atomic E-state index is 12.4. The van der Waals surface area contributed by atoms with Crippen LogP contribution >= 0.6 is 15.9 Å². The molecule has 0 N–H and O–H groups in total. The van der Waals surface area contributed by atoms with Gasteiger partial charge in [-0.25, -0.2) is 0 Å². The van der Waals surface area contributed by atoms with Gasteiger partial charge in [-0.15, -0.1) is 0 Å². The summed E-state index contributed by atoms with van der Waals surface area (Å²) in [6.07, 6.45) is 1.57. The molecular formula is C17H21BrN4O5. The lowest BCUT2D eigenvalue weighted by Gasteiger charge is -2.36. The molecule has 0 aliphatic carbocycles. The van der Waals surface area contributed by atoms with E-state index in [2.05, 4.69) is 15.9 Å². The summed E-state index contributed by atoms with van der Waals surface area (Å²) in [4.78, 5) is 53.5. The zero-order chi connectivity index (χ0) is 19.4. The number of carbonyl (C=O) groups excluding carboxylic acids is 3. The van der Waals surface area contributed by atoms with E-state index in [1.54, 1.807) is 17.2 Å². The average Bonchev–Trinajstić information content (AvgIpc) is 2.70. The number of amides is 3. The first-order valence-corrected chi connectivity index (χ1v) is 9.54. The minimum atomic E-state index is -0.535. The van der Waals surface area contributed by atoms with E-state index in [0.29, 0.717) is 57.0 Å². The third kappa shape index (κ3) is 4.75. The van der Waals surface area contributed by atoms with E-state index in [4.69, 9.17) is 4.74 Å². The Labute approximate surface area is 164 Å². The van der Waals surface area contributed by atoms with Gasteiger partial charge in [-0.2, -0.15) is 0 Å². The number of carbonyl (C=O) groups is 3. The normalized spacial score (nSPS) is 17.7. The second-order valence-corrected chi connectivity index (χ2v) is 7.31. The van der Waals surface area contributed by atoms with E-state index < -0.39 is 11.8 Å². The van der Waals surface area contributed by atoms with E-state index >= 15 is 0 Å². The number of pyridine rings is 1. The molecule has 2 aliphatic rings. The van der Waals surface area contributed by atoms with Crippen molar-refractivity contribution in [3.63, 3.8) is 0 Å². The van der Waals surface area contributed by atoms with Crippen molar-refractivity contribution in [2.75, 3.05) is 52.5 Å². The summed E-state index contributed by atoms with van der Waals surface area (Å²) in [7, 11) is 0. The quantitative estimate of drug-likeness (QED) is 0.558. The maximum absolute atomic E-state index is 12.4. The van der Waals surface area contributed by atoms with E-state index in [9.17, 15) is 19.2 Å². The fourth-order valence-corrected chi connectivity index (χ4v) is 3.45. The smallest absolute Gasteiger partial charge is 0.312 e. The molecule has 2 fully saturated rings. The Bertz CT molecular complexity index is 782. The lowest BCUT2D eigenvalue weighted by Crippen LogP contribution is -2.56. The topological polar surface area (TPSA) is 92.2 Å². The van der Waals surface area contributed by atoms with E-state index in [1.165, 1.54) is 20.4 Å². The van der Waals surface area contributed by atoms with Crippen LogP contribution in [0.1, 0.15) is 0 Å². The summed E-state index contributed by atoms with van der Waals surface area (Å²) >= 11 is 3.28. The van der Waals surface area contributed by atoms with Crippen LogP contribution in [0, 0.1) is 0 Å². The number of morpholine rings is 1. The Hall–Kier alpha value is -2.20. The van der Waals surface area contributed by atoms with Gasteiger partial charge in [-0.3, -0.25) is 19.2 Å². The Morgan fingerprint density at radius 2 is 1.44 bits per heavy atom. The van der Waals surface area contributed by atoms with Crippen molar-refractivity contribution in [2.45, 2.75) is 6.54 Å². The van der Waals surface area contributed by atoms with Crippen molar-refractivity contribution < 1.29 is 19.1 Å². The van der Waals surface area contributed by atoms with Gasteiger partial charge in [0.05, 0.1) is 13.2 Å². The number of piperazine rings is 1. The van der Waals surface area contributed by atoms with Crippen LogP contribution in [0.15, 0.2) is 27.6 Å². The number of hydrogen-bond donors (Lipinski definition) is 0. The summed E-state index contributed by atoms with van der Waals surface area (Å²) in [5.74, 6) is -1.24. The van der Waals surface area contributed by atoms with Gasteiger partial charge in [0.25, 0.3) is 5.56 Å². The molecular weight excluding hydrogens is 420 g/mol. The van der Waals surface area contributed by atoms with Crippen LogP contribution in [0.4, 0.5) is 0 Å². The molecule has 1 aromatic rings. The van der Waals surface area contributed by atoms with Crippen molar-refractivity contribution in [3.05, 3.63) is 33.2 Å². The van der Waals surface area contributed by atoms with Crippen LogP contribution in [-0.2, 0) is 25.7 Å². The lowest BCUT2D eigenvalue weighted by atomic mass is 10.2. The fourth-order valence-electron chi connectivity index (χ4n) is 3.07. The van der Waals surface area contributed by atoms with E-state index in [-0.39, 0.29) is 18.0 Å². The highest BCUT2D eigenvalue weighted by Gasteiger charge is 2.31. The highest BCUT2D eigenvalue weighted by atomic mass is 79.9. The molecule has 2 aliphatic heterocycles. The molecule has 27 heavy (non-hydrogen) atoms. The Morgan fingerprint density at radius 1 is 0.889 bits per heavy atom. The summed E-state index contributed by atoms with van der Waals surface area (Å²) < 4.78 is 7.24. The molecule has 2 saturated heterocycles. The molecule has 3 rings (SSSR count). The number of nitrogens with zero attached hydrogens (tertiary/aromatic N) is 4. The Balaban J connectivity index is 1.52. The number of halogens is 1. The van der Waals surface area contributed by atoms with Gasteiger partial charge >= 0.3 is 11.8 Å². The second-order valence-electron chi connectivity index (χ2n) is 6.39. The average molecular weight is 441 g/mol. The predicted molar refractivity (Wildman–Crippen MR) is 99.0 cm³/mol. The van der Waals surface area contributed by atoms with Gasteiger partial charge in [0.2, 0.25) is 5.91 Å². The van der Waals surface area contributed by atoms with Crippen molar-refractivity contribution >= 4 is 33.7 Å². The zero-order valence-electron chi connectivity index (χ0n) is 14.8. The standard InChI is InChI=1S/C17H21BrN4O5/c18-13-1-2-14(23)22(11-13)12-15(24)19-3-5-20(6-4-19)16(25)17(26)21-7-9-27-10-8-21/h1-2,11H,3-10,12H2. The monoisotopic (exact) mass is 440 g/mol. The van der Waals surface area contributed by atoms with Crippen molar-refractivity contribution in [1.29, 1.82) is 0 Å². The first kappa shape index (κ1) is 19.6. The van der Waals surface area contributed by atoms with Crippen molar-refractivity contribution in [3.8, 4) is 0 Å². The summed E-state index contributed by atoms with van der Waals surface area (Å²) in [6, 6.07) is 3.02. The SMILES string of the molecule is O=C(Cn1cc(Br)ccc1=O)N1CCN(C(=O)C(=O)N2CCOCC2)CC1. The third-order valence-corrected chi connectivity index (χ3v) is 5.12.